The van der Waals surface area contributed by atoms with Gasteiger partial charge in [-0.2, -0.15) is 0 Å². The fourth-order valence-corrected chi connectivity index (χ4v) is 6.07. The molecule has 2 aromatic rings. The molecule has 1 atom stereocenters. The molecule has 9 heteroatoms. The summed E-state index contributed by atoms with van der Waals surface area (Å²) in [7, 11) is -3.41. The molecule has 0 bridgehead atoms. The van der Waals surface area contributed by atoms with Gasteiger partial charge in [0.2, 0.25) is 0 Å². The fraction of sp³-hybridized carbons (Fsp3) is 0.524. The highest BCUT2D eigenvalue weighted by atomic mass is 32.2. The van der Waals surface area contributed by atoms with Gasteiger partial charge in [-0.15, -0.1) is 15.7 Å². The molecule has 162 valence electrons. The minimum atomic E-state index is -3.41. The van der Waals surface area contributed by atoms with Crippen molar-refractivity contribution >= 4 is 33.0 Å². The Kier molecular flexibility index (Phi) is 5.50. The van der Waals surface area contributed by atoms with E-state index in [2.05, 4.69) is 9.68 Å². The maximum absolute atomic E-state index is 12.9. The number of carbonyl (C=O) groups excluding carboxylic acids is 1. The summed E-state index contributed by atoms with van der Waals surface area (Å²) in [6, 6.07) is 0.828. The summed E-state index contributed by atoms with van der Waals surface area (Å²) in [6.45, 7) is 5.24. The zero-order valence-corrected chi connectivity index (χ0v) is 19.2. The molecule has 2 aliphatic rings. The second kappa shape index (κ2) is 7.71. The van der Waals surface area contributed by atoms with E-state index in [0.29, 0.717) is 11.5 Å². The zero-order valence-electron chi connectivity index (χ0n) is 17.5. The first-order valence-corrected chi connectivity index (χ1v) is 12.7. The van der Waals surface area contributed by atoms with Crippen molar-refractivity contribution in [2.24, 2.45) is 15.4 Å². The highest BCUT2D eigenvalue weighted by molar-refractivity contribution is 7.93. The van der Waals surface area contributed by atoms with Crippen molar-refractivity contribution in [2.75, 3.05) is 5.32 Å². The van der Waals surface area contributed by atoms with Gasteiger partial charge < -0.3 is 10.4 Å². The quantitative estimate of drug-likeness (QED) is 0.639. The number of rotatable bonds is 5. The summed E-state index contributed by atoms with van der Waals surface area (Å²) < 4.78 is 17.0. The van der Waals surface area contributed by atoms with Gasteiger partial charge in [-0.1, -0.05) is 0 Å². The van der Waals surface area contributed by atoms with E-state index in [0.717, 1.165) is 65.2 Å². The number of fused-ring (bicyclic) bond motifs is 1. The van der Waals surface area contributed by atoms with E-state index in [9.17, 15) is 14.1 Å². The van der Waals surface area contributed by atoms with Crippen LogP contribution in [0.1, 0.15) is 61.2 Å². The third-order valence-electron chi connectivity index (χ3n) is 5.77. The van der Waals surface area contributed by atoms with Crippen molar-refractivity contribution in [3.8, 4) is 0 Å². The third kappa shape index (κ3) is 4.44. The van der Waals surface area contributed by atoms with Crippen LogP contribution in [-0.2, 0) is 34.8 Å². The largest absolute Gasteiger partial charge is 0.386 e. The van der Waals surface area contributed by atoms with Gasteiger partial charge >= 0.3 is 6.03 Å². The lowest BCUT2D eigenvalue weighted by Crippen LogP contribution is -2.19. The number of urea groups is 1. The van der Waals surface area contributed by atoms with Crippen LogP contribution in [0.2, 0.25) is 0 Å². The van der Waals surface area contributed by atoms with Crippen LogP contribution in [-0.4, -0.2) is 20.3 Å². The number of amides is 2. The van der Waals surface area contributed by atoms with Gasteiger partial charge in [-0.3, -0.25) is 4.98 Å². The van der Waals surface area contributed by atoms with Gasteiger partial charge in [-0.25, -0.2) is 14.1 Å². The van der Waals surface area contributed by atoms with E-state index in [1.165, 1.54) is 12.8 Å². The number of pyridine rings is 1. The van der Waals surface area contributed by atoms with Gasteiger partial charge in [0.25, 0.3) is 0 Å². The minimum absolute atomic E-state index is 0.265. The Hall–Kier alpha value is -1.81. The van der Waals surface area contributed by atoms with Gasteiger partial charge in [0.05, 0.1) is 11.3 Å². The molecule has 0 saturated heterocycles. The Bertz CT molecular complexity index is 1120. The number of hydrogen-bond donors (Lipinski definition) is 3. The molecule has 0 radical (unpaired) electrons. The summed E-state index contributed by atoms with van der Waals surface area (Å²) in [5.41, 5.74) is 4.36. The highest BCUT2D eigenvalue weighted by Gasteiger charge is 2.28. The van der Waals surface area contributed by atoms with Crippen molar-refractivity contribution in [2.45, 2.75) is 69.1 Å². The molecule has 0 aliphatic heterocycles. The molecule has 1 fully saturated rings. The Labute approximate surface area is 181 Å². The number of aromatic nitrogens is 1. The summed E-state index contributed by atoms with van der Waals surface area (Å²) in [6.07, 6.45) is 6.19. The van der Waals surface area contributed by atoms with Crippen molar-refractivity contribution < 1.29 is 14.1 Å². The minimum Gasteiger partial charge on any atom is -0.386 e. The van der Waals surface area contributed by atoms with Crippen LogP contribution in [0.3, 0.4) is 0 Å². The predicted octanol–water partition coefficient (Wildman–Crippen LogP) is 4.05. The lowest BCUT2D eigenvalue weighted by atomic mass is 10.0. The smallest absolute Gasteiger partial charge is 0.354 e. The Morgan fingerprint density at radius 3 is 2.80 bits per heavy atom. The summed E-state index contributed by atoms with van der Waals surface area (Å²) in [5, 5.41) is 20.6. The molecule has 2 aliphatic carbocycles. The van der Waals surface area contributed by atoms with Crippen molar-refractivity contribution in [1.29, 1.82) is 0 Å². The van der Waals surface area contributed by atoms with E-state index in [1.807, 2.05) is 6.92 Å². The summed E-state index contributed by atoms with van der Waals surface area (Å²) >= 11 is 1.13. The number of hydrogen-bond acceptors (Lipinski definition) is 5. The second-order valence-corrected chi connectivity index (χ2v) is 11.7. The number of nitrogens with zero attached hydrogens (tertiary/aromatic N) is 2. The standard InChI is InChI=1S/C21H28N4O3S2/c1-12-17(9-13-7-8-13)23-16-6-4-5-15(16)19(12)24-20(26)25-30(22,28)18-10-14(11-29-18)21(2,3)27/h10-11,13,27H,4-9H2,1-3H3,(H3,22,23,24,25,26,28)/t30-/m1/s1. The Morgan fingerprint density at radius 1 is 1.43 bits per heavy atom. The first kappa shape index (κ1) is 21.4. The molecule has 2 aromatic heterocycles. The topological polar surface area (TPSA) is 118 Å². The van der Waals surface area contributed by atoms with Crippen LogP contribution in [0.4, 0.5) is 10.5 Å². The van der Waals surface area contributed by atoms with E-state index in [-0.39, 0.29) is 4.21 Å². The average Bonchev–Trinajstić information content (AvgIpc) is 3.11. The Balaban J connectivity index is 1.63. The molecule has 0 aromatic carbocycles. The molecule has 1 saturated carbocycles. The maximum Gasteiger partial charge on any atom is 0.354 e. The van der Waals surface area contributed by atoms with E-state index >= 15 is 0 Å². The van der Waals surface area contributed by atoms with Crippen LogP contribution in [0.15, 0.2) is 20.0 Å². The molecule has 4 N–H and O–H groups in total. The Morgan fingerprint density at radius 2 is 2.17 bits per heavy atom. The van der Waals surface area contributed by atoms with Gasteiger partial charge in [0.1, 0.15) is 4.21 Å². The highest BCUT2D eigenvalue weighted by Crippen LogP contribution is 2.37. The molecule has 2 amide bonds. The SMILES string of the molecule is Cc1c(CC2CC2)nc2c(c1NC(=O)N=[S@@](N)(=O)c1cc(C(C)(C)O)cs1)CCC2. The van der Waals surface area contributed by atoms with Gasteiger partial charge in [-0.05, 0) is 93.4 Å². The van der Waals surface area contributed by atoms with E-state index in [1.54, 1.807) is 25.3 Å². The number of carbonyl (C=O) groups is 1. The van der Waals surface area contributed by atoms with E-state index < -0.39 is 21.5 Å². The lowest BCUT2D eigenvalue weighted by Gasteiger charge is -2.16. The molecular formula is C21H28N4O3S2. The van der Waals surface area contributed by atoms with Gasteiger partial charge in [0.15, 0.2) is 9.92 Å². The molecule has 2 heterocycles. The van der Waals surface area contributed by atoms with Crippen LogP contribution < -0.4 is 10.5 Å². The normalized spacial score (nSPS) is 18.0. The van der Waals surface area contributed by atoms with Crippen molar-refractivity contribution in [3.63, 3.8) is 0 Å². The van der Waals surface area contributed by atoms with Crippen molar-refractivity contribution in [3.05, 3.63) is 39.5 Å². The van der Waals surface area contributed by atoms with Crippen LogP contribution in [0, 0.1) is 12.8 Å². The number of aliphatic hydroxyl groups is 1. The molecule has 4 rings (SSSR count). The number of nitrogens with two attached hydrogens (primary N) is 1. The molecule has 7 nitrogen and oxygen atoms in total. The van der Waals surface area contributed by atoms with E-state index in [4.69, 9.17) is 10.1 Å². The number of thiophene rings is 1. The first-order chi connectivity index (χ1) is 14.0. The molecule has 0 spiro atoms. The first-order valence-electron chi connectivity index (χ1n) is 10.2. The summed E-state index contributed by atoms with van der Waals surface area (Å²) in [4.78, 5) is 17.6. The number of anilines is 1. The molecule has 30 heavy (non-hydrogen) atoms. The molecular weight excluding hydrogens is 420 g/mol. The lowest BCUT2D eigenvalue weighted by molar-refractivity contribution is 0.0789. The maximum atomic E-state index is 12.9. The third-order valence-corrected chi connectivity index (χ3v) is 8.63. The monoisotopic (exact) mass is 448 g/mol. The second-order valence-electron chi connectivity index (χ2n) is 8.79. The molecule has 0 unspecified atom stereocenters. The van der Waals surface area contributed by atoms with Crippen LogP contribution >= 0.6 is 11.3 Å². The predicted molar refractivity (Wildman–Crippen MR) is 119 cm³/mol. The average molecular weight is 449 g/mol. The number of aryl methyl sites for hydroxylation is 1. The van der Waals surface area contributed by atoms with Gasteiger partial charge in [0, 0.05) is 11.4 Å². The zero-order chi connectivity index (χ0) is 21.7. The summed E-state index contributed by atoms with van der Waals surface area (Å²) in [5.74, 6) is 0.690. The van der Waals surface area contributed by atoms with Crippen LogP contribution in [0.5, 0.6) is 0 Å². The van der Waals surface area contributed by atoms with Crippen molar-refractivity contribution in [1.82, 2.24) is 4.98 Å². The number of nitrogens with one attached hydrogen (secondary N) is 1. The fourth-order valence-electron chi connectivity index (χ4n) is 3.79. The van der Waals surface area contributed by atoms with Crippen LogP contribution in [0.25, 0.3) is 0 Å².